The van der Waals surface area contributed by atoms with E-state index in [1.807, 2.05) is 24.3 Å². The predicted octanol–water partition coefficient (Wildman–Crippen LogP) is 5.56. The minimum Gasteiger partial charge on any atom is -0.436 e. The van der Waals surface area contributed by atoms with E-state index in [0.29, 0.717) is 28.2 Å². The van der Waals surface area contributed by atoms with E-state index >= 15 is 0 Å². The van der Waals surface area contributed by atoms with Crippen LogP contribution in [0.25, 0.3) is 22.6 Å². The molecule has 0 saturated carbocycles. The number of amides is 1. The zero-order valence-corrected chi connectivity index (χ0v) is 15.6. The molecular weight excluding hydrogens is 418 g/mol. The van der Waals surface area contributed by atoms with Crippen LogP contribution in [-0.2, 0) is 0 Å². The molecule has 4 aromatic rings. The molecule has 2 heterocycles. The maximum Gasteiger partial charge on any atom is 0.258 e. The van der Waals surface area contributed by atoms with Crippen molar-refractivity contribution in [2.24, 2.45) is 0 Å². The molecule has 0 spiro atoms. The van der Waals surface area contributed by atoms with E-state index in [0.717, 1.165) is 10.0 Å². The Morgan fingerprint density at radius 1 is 1.12 bits per heavy atom. The van der Waals surface area contributed by atoms with Crippen LogP contribution in [0.2, 0.25) is 5.15 Å². The smallest absolute Gasteiger partial charge is 0.258 e. The lowest BCUT2D eigenvalue weighted by Gasteiger charge is -2.05. The number of hydrogen-bond acceptors (Lipinski definition) is 4. The van der Waals surface area contributed by atoms with Crippen molar-refractivity contribution < 1.29 is 9.21 Å². The number of halogens is 2. The molecule has 0 radical (unpaired) electrons. The van der Waals surface area contributed by atoms with E-state index in [9.17, 15) is 4.79 Å². The molecule has 7 heteroatoms. The lowest BCUT2D eigenvalue weighted by atomic mass is 10.2. The topological polar surface area (TPSA) is 68.0 Å². The summed E-state index contributed by atoms with van der Waals surface area (Å²) >= 11 is 9.46. The van der Waals surface area contributed by atoms with Crippen molar-refractivity contribution in [3.8, 4) is 11.5 Å². The number of pyridine rings is 1. The molecule has 2 aromatic carbocycles. The Morgan fingerprint density at radius 2 is 1.96 bits per heavy atom. The van der Waals surface area contributed by atoms with Crippen molar-refractivity contribution in [1.29, 1.82) is 0 Å². The van der Waals surface area contributed by atoms with Crippen molar-refractivity contribution in [3.05, 3.63) is 76.0 Å². The van der Waals surface area contributed by atoms with Gasteiger partial charge in [-0.05, 0) is 58.4 Å². The van der Waals surface area contributed by atoms with Crippen LogP contribution in [0.15, 0.2) is 69.7 Å². The number of anilines is 1. The van der Waals surface area contributed by atoms with Crippen molar-refractivity contribution in [1.82, 2.24) is 9.97 Å². The molecule has 0 atom stereocenters. The number of aromatic nitrogens is 2. The summed E-state index contributed by atoms with van der Waals surface area (Å²) in [4.78, 5) is 20.8. The number of fused-ring (bicyclic) bond motifs is 1. The maximum atomic E-state index is 12.4. The van der Waals surface area contributed by atoms with Gasteiger partial charge in [-0.3, -0.25) is 4.79 Å². The lowest BCUT2D eigenvalue weighted by Crippen LogP contribution is -2.12. The van der Waals surface area contributed by atoms with Crippen LogP contribution in [0.5, 0.6) is 0 Å². The number of nitrogens with zero attached hydrogens (tertiary/aromatic N) is 2. The summed E-state index contributed by atoms with van der Waals surface area (Å²) < 4.78 is 6.71. The van der Waals surface area contributed by atoms with Crippen molar-refractivity contribution in [2.45, 2.75) is 0 Å². The Balaban J connectivity index is 1.65. The van der Waals surface area contributed by atoms with Gasteiger partial charge in [-0.1, -0.05) is 23.7 Å². The summed E-state index contributed by atoms with van der Waals surface area (Å²) in [5.74, 6) is 0.170. The monoisotopic (exact) mass is 427 g/mol. The van der Waals surface area contributed by atoms with E-state index in [-0.39, 0.29) is 11.1 Å². The molecule has 0 fully saturated rings. The zero-order chi connectivity index (χ0) is 18.1. The van der Waals surface area contributed by atoms with Crippen molar-refractivity contribution in [3.63, 3.8) is 0 Å². The Hall–Kier alpha value is -2.70. The molecule has 1 N–H and O–H groups in total. The summed E-state index contributed by atoms with van der Waals surface area (Å²) in [7, 11) is 0. The van der Waals surface area contributed by atoms with E-state index < -0.39 is 0 Å². The fourth-order valence-corrected chi connectivity index (χ4v) is 3.17. The third kappa shape index (κ3) is 3.21. The molecule has 26 heavy (non-hydrogen) atoms. The van der Waals surface area contributed by atoms with Gasteiger partial charge in [0.15, 0.2) is 5.58 Å². The number of hydrogen-bond donors (Lipinski definition) is 1. The molecule has 0 bridgehead atoms. The standard InChI is InChI=1S/C19H11BrClN3O2/c20-14-6-2-1-4-12(14)19-24-15-10-11(7-8-16(15)26-19)23-18(25)13-5-3-9-22-17(13)21/h1-10H,(H,23,25). The van der Waals surface area contributed by atoms with Gasteiger partial charge in [0.1, 0.15) is 10.7 Å². The molecule has 0 aliphatic rings. The molecule has 2 aromatic heterocycles. The first-order valence-electron chi connectivity index (χ1n) is 7.69. The molecule has 4 rings (SSSR count). The first-order valence-corrected chi connectivity index (χ1v) is 8.86. The first kappa shape index (κ1) is 16.8. The predicted molar refractivity (Wildman–Crippen MR) is 104 cm³/mol. The summed E-state index contributed by atoms with van der Waals surface area (Å²) in [5.41, 5.74) is 3.04. The zero-order valence-electron chi connectivity index (χ0n) is 13.2. The number of benzene rings is 2. The van der Waals surface area contributed by atoms with Gasteiger partial charge in [0, 0.05) is 16.4 Å². The number of oxazole rings is 1. The minimum atomic E-state index is -0.336. The fourth-order valence-electron chi connectivity index (χ4n) is 2.51. The maximum absolute atomic E-state index is 12.4. The van der Waals surface area contributed by atoms with Gasteiger partial charge in [-0.15, -0.1) is 0 Å². The fraction of sp³-hybridized carbons (Fsp3) is 0. The molecule has 128 valence electrons. The largest absolute Gasteiger partial charge is 0.436 e. The van der Waals surface area contributed by atoms with Gasteiger partial charge in [-0.25, -0.2) is 9.97 Å². The lowest BCUT2D eigenvalue weighted by molar-refractivity contribution is 0.102. The highest BCUT2D eigenvalue weighted by atomic mass is 79.9. The van der Waals surface area contributed by atoms with Crippen LogP contribution < -0.4 is 5.32 Å². The molecule has 0 aliphatic carbocycles. The highest BCUT2D eigenvalue weighted by Gasteiger charge is 2.14. The Kier molecular flexibility index (Phi) is 4.44. The van der Waals surface area contributed by atoms with Gasteiger partial charge in [0.05, 0.1) is 11.1 Å². The summed E-state index contributed by atoms with van der Waals surface area (Å²) in [6.45, 7) is 0. The highest BCUT2D eigenvalue weighted by Crippen LogP contribution is 2.31. The Bertz CT molecular complexity index is 1130. The third-order valence-corrected chi connectivity index (χ3v) is 4.75. The van der Waals surface area contributed by atoms with Crippen LogP contribution in [0.4, 0.5) is 5.69 Å². The van der Waals surface area contributed by atoms with Crippen molar-refractivity contribution in [2.75, 3.05) is 5.32 Å². The number of carbonyl (C=O) groups excluding carboxylic acids is 1. The van der Waals surface area contributed by atoms with E-state index in [1.54, 1.807) is 30.3 Å². The Labute approximate surface area is 162 Å². The van der Waals surface area contributed by atoms with Crippen LogP contribution >= 0.6 is 27.5 Å². The second-order valence-corrected chi connectivity index (χ2v) is 6.69. The SMILES string of the molecule is O=C(Nc1ccc2oc(-c3ccccc3Br)nc2c1)c1cccnc1Cl. The van der Waals surface area contributed by atoms with Gasteiger partial charge in [-0.2, -0.15) is 0 Å². The van der Waals surface area contributed by atoms with Crippen LogP contribution in [0.3, 0.4) is 0 Å². The van der Waals surface area contributed by atoms with Gasteiger partial charge in [0.25, 0.3) is 5.91 Å². The minimum absolute atomic E-state index is 0.156. The molecule has 0 saturated heterocycles. The number of carbonyl (C=O) groups is 1. The van der Waals surface area contributed by atoms with Crippen LogP contribution in [0.1, 0.15) is 10.4 Å². The molecule has 0 aliphatic heterocycles. The Morgan fingerprint density at radius 3 is 2.77 bits per heavy atom. The van der Waals surface area contributed by atoms with Crippen LogP contribution in [0, 0.1) is 0 Å². The van der Waals surface area contributed by atoms with E-state index in [2.05, 4.69) is 31.2 Å². The number of rotatable bonds is 3. The van der Waals surface area contributed by atoms with E-state index in [4.69, 9.17) is 16.0 Å². The highest BCUT2D eigenvalue weighted by molar-refractivity contribution is 9.10. The first-order chi connectivity index (χ1) is 12.6. The van der Waals surface area contributed by atoms with Gasteiger partial charge >= 0.3 is 0 Å². The van der Waals surface area contributed by atoms with Crippen molar-refractivity contribution >= 4 is 50.2 Å². The molecular formula is C19H11BrClN3O2. The van der Waals surface area contributed by atoms with Crippen LogP contribution in [-0.4, -0.2) is 15.9 Å². The van der Waals surface area contributed by atoms with Gasteiger partial charge < -0.3 is 9.73 Å². The average Bonchev–Trinajstić information content (AvgIpc) is 3.05. The second-order valence-electron chi connectivity index (χ2n) is 5.48. The molecule has 0 unspecified atom stereocenters. The average molecular weight is 429 g/mol. The summed E-state index contributed by atoms with van der Waals surface area (Å²) in [5, 5.41) is 2.95. The number of nitrogens with one attached hydrogen (secondary N) is 1. The normalized spacial score (nSPS) is 10.8. The van der Waals surface area contributed by atoms with Gasteiger partial charge in [0.2, 0.25) is 5.89 Å². The molecule has 5 nitrogen and oxygen atoms in total. The second kappa shape index (κ2) is 6.90. The summed E-state index contributed by atoms with van der Waals surface area (Å²) in [6.07, 6.45) is 1.53. The quantitative estimate of drug-likeness (QED) is 0.434. The van der Waals surface area contributed by atoms with E-state index in [1.165, 1.54) is 6.20 Å². The molecule has 1 amide bonds. The summed E-state index contributed by atoms with van der Waals surface area (Å²) in [6, 6.07) is 16.2. The third-order valence-electron chi connectivity index (χ3n) is 3.75.